The number of allylic oxidation sites excluding steroid dienone is 4. The topological polar surface area (TPSA) is 59.1 Å². The second-order valence-electron chi connectivity index (χ2n) is 17.8. The molecule has 3 atom stereocenters. The van der Waals surface area contributed by atoms with Crippen LogP contribution in [0, 0.1) is 17.8 Å². The monoisotopic (exact) mass is 775 g/mol. The largest absolute Gasteiger partial charge is 0.466 e. The van der Waals surface area contributed by atoms with Gasteiger partial charge in [-0.25, -0.2) is 0 Å². The zero-order chi connectivity index (χ0) is 40.8. The Morgan fingerprint density at radius 3 is 1.45 bits per heavy atom. The maximum Gasteiger partial charge on any atom is 0.306 e. The first-order chi connectivity index (χ1) is 26.5. The van der Waals surface area contributed by atoms with Crippen LogP contribution in [0.15, 0.2) is 23.3 Å². The van der Waals surface area contributed by atoms with E-state index in [0.717, 1.165) is 58.0 Å². The van der Waals surface area contributed by atoms with Crippen molar-refractivity contribution in [1.82, 2.24) is 9.80 Å². The van der Waals surface area contributed by atoms with Crippen molar-refractivity contribution in [3.8, 4) is 0 Å². The van der Waals surface area contributed by atoms with E-state index in [4.69, 9.17) is 9.47 Å². The molecule has 6 heteroatoms. The lowest BCUT2D eigenvalue weighted by Crippen LogP contribution is -2.33. The Hall–Kier alpha value is -1.50. The second kappa shape index (κ2) is 39.3. The lowest BCUT2D eigenvalue weighted by Gasteiger charge is -2.24. The summed E-state index contributed by atoms with van der Waals surface area (Å²) in [6.45, 7) is 19.7. The minimum atomic E-state index is -0.0216. The molecular formula is C49H94N2O4. The Morgan fingerprint density at radius 2 is 1.00 bits per heavy atom. The van der Waals surface area contributed by atoms with E-state index >= 15 is 0 Å². The molecule has 0 aromatic rings. The maximum atomic E-state index is 12.1. The Morgan fingerprint density at radius 1 is 0.564 bits per heavy atom. The van der Waals surface area contributed by atoms with Gasteiger partial charge in [-0.2, -0.15) is 0 Å². The molecule has 0 spiro atoms. The van der Waals surface area contributed by atoms with E-state index in [9.17, 15) is 9.59 Å². The van der Waals surface area contributed by atoms with Crippen LogP contribution in [0.4, 0.5) is 0 Å². The fourth-order valence-electron chi connectivity index (χ4n) is 7.18. The lowest BCUT2D eigenvalue weighted by atomic mass is 9.91. The molecule has 0 rings (SSSR count). The summed E-state index contributed by atoms with van der Waals surface area (Å²) in [4.78, 5) is 28.6. The first-order valence-corrected chi connectivity index (χ1v) is 23.4. The van der Waals surface area contributed by atoms with E-state index < -0.39 is 0 Å². The summed E-state index contributed by atoms with van der Waals surface area (Å²) >= 11 is 0. The molecule has 0 aliphatic rings. The molecule has 0 amide bonds. The molecule has 0 N–H and O–H groups in total. The summed E-state index contributed by atoms with van der Waals surface area (Å²) in [5.74, 6) is 0.785. The molecule has 0 aliphatic heterocycles. The number of esters is 1. The number of ether oxygens (including phenoxy) is 2. The van der Waals surface area contributed by atoms with Gasteiger partial charge in [0.2, 0.25) is 0 Å². The zero-order valence-electron chi connectivity index (χ0n) is 38.1. The molecule has 3 unspecified atom stereocenters. The summed E-state index contributed by atoms with van der Waals surface area (Å²) in [5.41, 5.74) is 2.70. The molecule has 0 bridgehead atoms. The van der Waals surface area contributed by atoms with Gasteiger partial charge < -0.3 is 24.1 Å². The third kappa shape index (κ3) is 39.1. The highest BCUT2D eigenvalue weighted by atomic mass is 16.5. The van der Waals surface area contributed by atoms with Crippen molar-refractivity contribution in [3.63, 3.8) is 0 Å². The number of aldehydes is 1. The Kier molecular flexibility index (Phi) is 38.3. The van der Waals surface area contributed by atoms with E-state index in [1.165, 1.54) is 146 Å². The molecule has 6 nitrogen and oxygen atoms in total. The second-order valence-corrected chi connectivity index (χ2v) is 17.8. The molecule has 324 valence electrons. The van der Waals surface area contributed by atoms with Crippen molar-refractivity contribution in [3.05, 3.63) is 23.3 Å². The molecule has 0 aromatic heterocycles. The van der Waals surface area contributed by atoms with Gasteiger partial charge in [-0.3, -0.25) is 4.79 Å². The van der Waals surface area contributed by atoms with Crippen molar-refractivity contribution in [2.75, 3.05) is 60.1 Å². The van der Waals surface area contributed by atoms with Crippen LogP contribution in [0.5, 0.6) is 0 Å². The highest BCUT2D eigenvalue weighted by Gasteiger charge is 2.16. The fourth-order valence-corrected chi connectivity index (χ4v) is 7.18. The summed E-state index contributed by atoms with van der Waals surface area (Å²) < 4.78 is 11.4. The molecule has 0 fully saturated rings. The number of nitrogens with zero attached hydrogens (tertiary/aromatic N) is 2. The van der Waals surface area contributed by atoms with Gasteiger partial charge in [0.15, 0.2) is 0 Å². The molecule has 0 saturated heterocycles. The van der Waals surface area contributed by atoms with E-state index in [0.29, 0.717) is 31.5 Å². The van der Waals surface area contributed by atoms with Gasteiger partial charge in [0.25, 0.3) is 0 Å². The van der Waals surface area contributed by atoms with Gasteiger partial charge in [0.1, 0.15) is 6.29 Å². The van der Waals surface area contributed by atoms with Crippen LogP contribution in [0.2, 0.25) is 0 Å². The van der Waals surface area contributed by atoms with E-state index in [1.807, 2.05) is 0 Å². The third-order valence-electron chi connectivity index (χ3n) is 11.1. The summed E-state index contributed by atoms with van der Waals surface area (Å²) in [5, 5.41) is 0. The van der Waals surface area contributed by atoms with Crippen molar-refractivity contribution < 1.29 is 19.1 Å². The van der Waals surface area contributed by atoms with E-state index in [2.05, 4.69) is 77.6 Å². The first-order valence-electron chi connectivity index (χ1n) is 23.4. The quantitative estimate of drug-likeness (QED) is 0.0267. The lowest BCUT2D eigenvalue weighted by molar-refractivity contribution is -0.144. The minimum Gasteiger partial charge on any atom is -0.466 e. The molecule has 0 radical (unpaired) electrons. The number of hydrogen-bond acceptors (Lipinski definition) is 6. The van der Waals surface area contributed by atoms with Crippen LogP contribution in [-0.2, 0) is 19.1 Å². The standard InChI is InChI=1S/C49H94N2O4/c1-44(2)31-29-33-46(5)41-49(53)55-40-28-24-20-16-12-10-14-18-22-26-36-51(38-37-50(7)8)35-25-21-17-13-9-11-15-19-23-27-39-54-43-48(42-52)47(6)34-30-32-45(3)4/h31-32,42,46-48H,9-30,33-41,43H2,1-8H3. The fraction of sp³-hybridized carbons (Fsp3) is 0.878. The molecule has 0 heterocycles. The number of carbonyl (C=O) groups excluding carboxylic acids is 2. The molecule has 0 aromatic carbocycles. The number of unbranched alkanes of at least 4 members (excludes halogenated alkanes) is 18. The first kappa shape index (κ1) is 53.5. The Bertz CT molecular complexity index is 924. The van der Waals surface area contributed by atoms with Crippen molar-refractivity contribution in [2.45, 2.75) is 202 Å². The summed E-state index contributed by atoms with van der Waals surface area (Å²) in [7, 11) is 4.38. The number of hydrogen-bond donors (Lipinski definition) is 0. The predicted molar refractivity (Wildman–Crippen MR) is 239 cm³/mol. The minimum absolute atomic E-state index is 0.0216. The number of carbonyl (C=O) groups is 2. The highest BCUT2D eigenvalue weighted by Crippen LogP contribution is 2.18. The number of rotatable bonds is 41. The van der Waals surface area contributed by atoms with E-state index in [1.54, 1.807) is 0 Å². The van der Waals surface area contributed by atoms with Gasteiger partial charge in [0.05, 0.1) is 13.2 Å². The highest BCUT2D eigenvalue weighted by molar-refractivity contribution is 5.69. The normalized spacial score (nSPS) is 13.2. The SMILES string of the molecule is CC(C)=CCCC(C)CC(=O)OCCCCCCCCCCCCN(CCCCCCCCCCCCOCC(C=O)C(C)CCC=C(C)C)CCN(C)C. The molecule has 55 heavy (non-hydrogen) atoms. The summed E-state index contributed by atoms with van der Waals surface area (Å²) in [6.07, 6.45) is 36.5. The van der Waals surface area contributed by atoms with Crippen molar-refractivity contribution >= 4 is 12.3 Å². The van der Waals surface area contributed by atoms with Crippen LogP contribution in [0.3, 0.4) is 0 Å². The van der Waals surface area contributed by atoms with Gasteiger partial charge in [-0.1, -0.05) is 140 Å². The van der Waals surface area contributed by atoms with Crippen LogP contribution in [0.25, 0.3) is 0 Å². The van der Waals surface area contributed by atoms with Gasteiger partial charge in [-0.05, 0) is 118 Å². The molecular weight excluding hydrogens is 681 g/mol. The van der Waals surface area contributed by atoms with Crippen LogP contribution < -0.4 is 0 Å². The van der Waals surface area contributed by atoms with Crippen LogP contribution in [0.1, 0.15) is 202 Å². The maximum absolute atomic E-state index is 12.1. The molecule has 0 saturated carbocycles. The summed E-state index contributed by atoms with van der Waals surface area (Å²) in [6, 6.07) is 0. The van der Waals surface area contributed by atoms with E-state index in [-0.39, 0.29) is 11.9 Å². The van der Waals surface area contributed by atoms with Gasteiger partial charge in [0, 0.05) is 32.0 Å². The third-order valence-corrected chi connectivity index (χ3v) is 11.1. The predicted octanol–water partition coefficient (Wildman–Crippen LogP) is 13.2. The van der Waals surface area contributed by atoms with Crippen molar-refractivity contribution in [2.24, 2.45) is 17.8 Å². The average Bonchev–Trinajstić information content (AvgIpc) is 3.13. The van der Waals surface area contributed by atoms with Crippen LogP contribution in [-0.4, -0.2) is 82.2 Å². The molecule has 0 aliphatic carbocycles. The zero-order valence-corrected chi connectivity index (χ0v) is 38.1. The average molecular weight is 775 g/mol. The number of likely N-dealkylation sites (N-methyl/N-ethyl adjacent to an activating group) is 1. The smallest absolute Gasteiger partial charge is 0.306 e. The van der Waals surface area contributed by atoms with Gasteiger partial charge in [-0.15, -0.1) is 0 Å². The van der Waals surface area contributed by atoms with Crippen molar-refractivity contribution in [1.29, 1.82) is 0 Å². The van der Waals surface area contributed by atoms with Crippen LogP contribution >= 0.6 is 0 Å². The Balaban J connectivity index is 3.73. The van der Waals surface area contributed by atoms with Gasteiger partial charge >= 0.3 is 5.97 Å². The Labute approximate surface area is 343 Å².